The van der Waals surface area contributed by atoms with Gasteiger partial charge in [-0.25, -0.2) is 4.98 Å². The lowest BCUT2D eigenvalue weighted by Gasteiger charge is -2.12. The lowest BCUT2D eigenvalue weighted by Crippen LogP contribution is -2.10. The molecule has 1 N–H and O–H groups in total. The van der Waals surface area contributed by atoms with E-state index in [2.05, 4.69) is 26.2 Å². The number of benzene rings is 1. The summed E-state index contributed by atoms with van der Waals surface area (Å²) >= 11 is 3.14. The van der Waals surface area contributed by atoms with Crippen LogP contribution in [0.2, 0.25) is 0 Å². The topological polar surface area (TPSA) is 29.9 Å². The number of hydrogen-bond acceptors (Lipinski definition) is 2. The van der Waals surface area contributed by atoms with Crippen molar-refractivity contribution >= 4 is 21.6 Å². The third-order valence-electron chi connectivity index (χ3n) is 2.54. The molecule has 2 aromatic rings. The summed E-state index contributed by atoms with van der Waals surface area (Å²) in [6.07, 6.45) is 0.860. The predicted molar refractivity (Wildman–Crippen MR) is 69.9 cm³/mol. The van der Waals surface area contributed by atoms with Crippen molar-refractivity contribution in [3.8, 4) is 0 Å². The van der Waals surface area contributed by atoms with Crippen LogP contribution in [0.25, 0.3) is 0 Å². The van der Waals surface area contributed by atoms with E-state index in [1.165, 1.54) is 6.07 Å². The minimum absolute atomic E-state index is 0.396. The zero-order valence-electron chi connectivity index (χ0n) is 9.78. The van der Waals surface area contributed by atoms with Gasteiger partial charge in [0.1, 0.15) is 0 Å². The summed E-state index contributed by atoms with van der Waals surface area (Å²) < 4.78 is 39.7. The van der Waals surface area contributed by atoms with E-state index in [1.54, 1.807) is 12.5 Å². The zero-order chi connectivity index (χ0) is 13.9. The highest BCUT2D eigenvalue weighted by Gasteiger charge is 2.30. The van der Waals surface area contributed by atoms with Gasteiger partial charge in [-0.05, 0) is 34.1 Å². The molecule has 2 rings (SSSR count). The van der Waals surface area contributed by atoms with Crippen LogP contribution >= 0.6 is 15.9 Å². The summed E-state index contributed by atoms with van der Waals surface area (Å²) in [5.74, 6) is 0. The first-order valence-electron chi connectivity index (χ1n) is 5.53. The molecule has 19 heavy (non-hydrogen) atoms. The van der Waals surface area contributed by atoms with Crippen molar-refractivity contribution in [1.82, 2.24) is 9.55 Å². The minimum Gasteiger partial charge on any atom is -0.382 e. The Bertz CT molecular complexity index is 538. The van der Waals surface area contributed by atoms with Crippen molar-refractivity contribution in [2.24, 2.45) is 0 Å². The highest BCUT2D eigenvalue weighted by Crippen LogP contribution is 2.33. The first-order chi connectivity index (χ1) is 8.97. The van der Waals surface area contributed by atoms with Crippen LogP contribution in [0.15, 0.2) is 41.4 Å². The zero-order valence-corrected chi connectivity index (χ0v) is 11.4. The molecule has 1 aromatic heterocycles. The Labute approximate surface area is 116 Å². The van der Waals surface area contributed by atoms with Crippen LogP contribution in [0.4, 0.5) is 18.9 Å². The second-order valence-corrected chi connectivity index (χ2v) is 4.77. The molecule has 3 nitrogen and oxygen atoms in total. The van der Waals surface area contributed by atoms with Crippen LogP contribution in [0.1, 0.15) is 5.56 Å². The molecule has 0 unspecified atom stereocenters. The molecule has 0 atom stereocenters. The van der Waals surface area contributed by atoms with Crippen molar-refractivity contribution in [2.75, 3.05) is 11.9 Å². The number of anilines is 1. The Morgan fingerprint density at radius 1 is 1.32 bits per heavy atom. The van der Waals surface area contributed by atoms with E-state index in [0.29, 0.717) is 23.2 Å². The maximum Gasteiger partial charge on any atom is 0.416 e. The predicted octanol–water partition coefficient (Wildman–Crippen LogP) is 3.78. The molecule has 0 amide bonds. The van der Waals surface area contributed by atoms with Gasteiger partial charge >= 0.3 is 6.18 Å². The highest BCUT2D eigenvalue weighted by molar-refractivity contribution is 9.10. The quantitative estimate of drug-likeness (QED) is 0.922. The third kappa shape index (κ3) is 3.73. The van der Waals surface area contributed by atoms with Gasteiger partial charge in [0.25, 0.3) is 0 Å². The molecule has 0 aliphatic heterocycles. The van der Waals surface area contributed by atoms with Crippen LogP contribution in [-0.2, 0) is 12.7 Å². The van der Waals surface area contributed by atoms with Crippen LogP contribution < -0.4 is 5.32 Å². The smallest absolute Gasteiger partial charge is 0.382 e. The van der Waals surface area contributed by atoms with Crippen LogP contribution in [-0.4, -0.2) is 16.1 Å². The molecule has 0 saturated carbocycles. The monoisotopic (exact) mass is 333 g/mol. The number of halogens is 4. The molecule has 0 aliphatic rings. The van der Waals surface area contributed by atoms with Gasteiger partial charge in [0.2, 0.25) is 0 Å². The normalized spacial score (nSPS) is 11.6. The largest absolute Gasteiger partial charge is 0.416 e. The van der Waals surface area contributed by atoms with E-state index in [-0.39, 0.29) is 0 Å². The van der Waals surface area contributed by atoms with Crippen LogP contribution in [0.5, 0.6) is 0 Å². The number of nitrogens with one attached hydrogen (secondary N) is 1. The maximum atomic E-state index is 12.5. The Morgan fingerprint density at radius 3 is 2.68 bits per heavy atom. The molecule has 1 aromatic carbocycles. The van der Waals surface area contributed by atoms with Crippen LogP contribution in [0.3, 0.4) is 0 Å². The second-order valence-electron chi connectivity index (χ2n) is 3.92. The maximum absolute atomic E-state index is 12.5. The summed E-state index contributed by atoms with van der Waals surface area (Å²) in [5.41, 5.74) is -0.0346. The number of rotatable bonds is 4. The molecular weight excluding hydrogens is 323 g/mol. The molecular formula is C12H11BrF3N3. The average molecular weight is 334 g/mol. The van der Waals surface area contributed by atoms with Gasteiger partial charge < -0.3 is 9.88 Å². The van der Waals surface area contributed by atoms with E-state index in [4.69, 9.17) is 0 Å². The summed E-state index contributed by atoms with van der Waals surface area (Å²) in [6, 6.07) is 3.55. The minimum atomic E-state index is -4.32. The fourth-order valence-electron chi connectivity index (χ4n) is 1.57. The van der Waals surface area contributed by atoms with Gasteiger partial charge in [-0.3, -0.25) is 0 Å². The number of imidazole rings is 1. The molecule has 0 spiro atoms. The number of alkyl halides is 3. The Morgan fingerprint density at radius 2 is 2.11 bits per heavy atom. The van der Waals surface area contributed by atoms with Crippen molar-refractivity contribution in [2.45, 2.75) is 12.7 Å². The Hall–Kier alpha value is -1.50. The molecule has 7 heteroatoms. The molecule has 0 bridgehead atoms. The fourth-order valence-corrected chi connectivity index (χ4v) is 2.09. The van der Waals surface area contributed by atoms with E-state index >= 15 is 0 Å². The summed E-state index contributed by atoms with van der Waals surface area (Å²) in [6.45, 7) is 1.29. The first kappa shape index (κ1) is 13.9. The van der Waals surface area contributed by atoms with Gasteiger partial charge in [0.15, 0.2) is 0 Å². The summed E-state index contributed by atoms with van der Waals surface area (Å²) in [4.78, 5) is 3.90. The second kappa shape index (κ2) is 5.64. The Balaban J connectivity index is 1.97. The Kier molecular flexibility index (Phi) is 4.14. The molecule has 0 aliphatic carbocycles. The molecule has 0 saturated heterocycles. The molecule has 1 heterocycles. The van der Waals surface area contributed by atoms with E-state index in [9.17, 15) is 13.2 Å². The summed E-state index contributed by atoms with van der Waals surface area (Å²) in [5, 5.41) is 3.07. The summed E-state index contributed by atoms with van der Waals surface area (Å²) in [7, 11) is 0. The van der Waals surface area contributed by atoms with Gasteiger partial charge in [0.05, 0.1) is 11.9 Å². The molecule has 0 fully saturated rings. The van der Waals surface area contributed by atoms with E-state index in [1.807, 2.05) is 10.8 Å². The van der Waals surface area contributed by atoms with E-state index in [0.717, 1.165) is 12.1 Å². The van der Waals surface area contributed by atoms with Crippen molar-refractivity contribution in [1.29, 1.82) is 0 Å². The van der Waals surface area contributed by atoms with Gasteiger partial charge in [-0.1, -0.05) is 0 Å². The van der Waals surface area contributed by atoms with Gasteiger partial charge in [-0.15, -0.1) is 0 Å². The lowest BCUT2D eigenvalue weighted by molar-refractivity contribution is -0.137. The van der Waals surface area contributed by atoms with Crippen LogP contribution in [0, 0.1) is 0 Å². The number of aromatic nitrogens is 2. The SMILES string of the molecule is FC(F)(F)c1ccc(NCCn2ccnc2)c(Br)c1. The van der Waals surface area contributed by atoms with Gasteiger partial charge in [-0.2, -0.15) is 13.2 Å². The standard InChI is InChI=1S/C12H11BrF3N3/c13-10-7-9(12(14,15)16)1-2-11(10)18-4-6-19-5-3-17-8-19/h1-3,5,7-8,18H,4,6H2. The third-order valence-corrected chi connectivity index (χ3v) is 3.20. The molecule has 102 valence electrons. The first-order valence-corrected chi connectivity index (χ1v) is 6.32. The van der Waals surface area contributed by atoms with Crippen molar-refractivity contribution in [3.05, 3.63) is 47.0 Å². The molecule has 0 radical (unpaired) electrons. The number of hydrogen-bond donors (Lipinski definition) is 1. The lowest BCUT2D eigenvalue weighted by atomic mass is 10.2. The fraction of sp³-hybridized carbons (Fsp3) is 0.250. The van der Waals surface area contributed by atoms with E-state index < -0.39 is 11.7 Å². The number of nitrogens with zero attached hydrogens (tertiary/aromatic N) is 2. The average Bonchev–Trinajstić information content (AvgIpc) is 2.83. The van der Waals surface area contributed by atoms with Gasteiger partial charge in [0, 0.05) is 35.6 Å². The highest BCUT2D eigenvalue weighted by atomic mass is 79.9. The van der Waals surface area contributed by atoms with Crippen molar-refractivity contribution in [3.63, 3.8) is 0 Å². The van der Waals surface area contributed by atoms with Crippen molar-refractivity contribution < 1.29 is 13.2 Å².